The number of ether oxygens (including phenoxy) is 1. The lowest BCUT2D eigenvalue weighted by atomic mass is 10.2. The molecule has 0 radical (unpaired) electrons. The SMILES string of the molecule is CCOc1cccc2cc(C(=O)NC3CCN(Cc4ccccc4)C3)oc12. The van der Waals surface area contributed by atoms with Crippen molar-refractivity contribution in [1.29, 1.82) is 0 Å². The van der Waals surface area contributed by atoms with Gasteiger partial charge in [0, 0.05) is 31.1 Å². The first kappa shape index (κ1) is 17.6. The van der Waals surface area contributed by atoms with E-state index < -0.39 is 0 Å². The van der Waals surface area contributed by atoms with Gasteiger partial charge in [-0.15, -0.1) is 0 Å². The Bertz CT molecular complexity index is 920. The van der Waals surface area contributed by atoms with Gasteiger partial charge in [-0.3, -0.25) is 9.69 Å². The molecule has 5 heteroatoms. The van der Waals surface area contributed by atoms with Crippen molar-refractivity contribution in [2.45, 2.75) is 25.9 Å². The fraction of sp³-hybridized carbons (Fsp3) is 0.318. The maximum atomic E-state index is 12.6. The molecule has 0 aliphatic carbocycles. The van der Waals surface area contributed by atoms with Crippen LogP contribution < -0.4 is 10.1 Å². The molecular formula is C22H24N2O3. The Morgan fingerprint density at radius 2 is 2.07 bits per heavy atom. The monoisotopic (exact) mass is 364 g/mol. The van der Waals surface area contributed by atoms with Gasteiger partial charge >= 0.3 is 0 Å². The molecule has 1 aliphatic rings. The van der Waals surface area contributed by atoms with E-state index in [1.54, 1.807) is 6.07 Å². The largest absolute Gasteiger partial charge is 0.490 e. The minimum absolute atomic E-state index is 0.140. The fourth-order valence-corrected chi connectivity index (χ4v) is 3.61. The zero-order valence-electron chi connectivity index (χ0n) is 15.5. The number of benzene rings is 2. The van der Waals surface area contributed by atoms with Gasteiger partial charge in [-0.05, 0) is 31.0 Å². The fourth-order valence-electron chi connectivity index (χ4n) is 3.61. The van der Waals surface area contributed by atoms with E-state index in [1.165, 1.54) is 5.56 Å². The van der Waals surface area contributed by atoms with E-state index >= 15 is 0 Å². The lowest BCUT2D eigenvalue weighted by molar-refractivity contribution is 0.0911. The topological polar surface area (TPSA) is 54.7 Å². The highest BCUT2D eigenvalue weighted by Crippen LogP contribution is 2.29. The maximum Gasteiger partial charge on any atom is 0.287 e. The lowest BCUT2D eigenvalue weighted by Crippen LogP contribution is -2.36. The van der Waals surface area contributed by atoms with Gasteiger partial charge in [-0.2, -0.15) is 0 Å². The second-order valence-corrected chi connectivity index (χ2v) is 6.90. The number of para-hydroxylation sites is 1. The van der Waals surface area contributed by atoms with Crippen molar-refractivity contribution in [3.63, 3.8) is 0 Å². The first-order chi connectivity index (χ1) is 13.2. The summed E-state index contributed by atoms with van der Waals surface area (Å²) in [5.74, 6) is 0.836. The van der Waals surface area contributed by atoms with Gasteiger partial charge in [0.15, 0.2) is 17.1 Å². The molecule has 27 heavy (non-hydrogen) atoms. The molecule has 2 heterocycles. The number of likely N-dealkylation sites (tertiary alicyclic amines) is 1. The van der Waals surface area contributed by atoms with E-state index in [1.807, 2.05) is 31.2 Å². The molecule has 3 aromatic rings. The minimum Gasteiger partial charge on any atom is -0.490 e. The Labute approximate surface area is 158 Å². The molecule has 1 aliphatic heterocycles. The lowest BCUT2D eigenvalue weighted by Gasteiger charge is -2.16. The molecule has 1 aromatic heterocycles. The molecule has 1 amide bonds. The number of amides is 1. The zero-order valence-corrected chi connectivity index (χ0v) is 15.5. The zero-order chi connectivity index (χ0) is 18.6. The van der Waals surface area contributed by atoms with Gasteiger partial charge < -0.3 is 14.5 Å². The molecule has 1 saturated heterocycles. The van der Waals surface area contributed by atoms with Crippen LogP contribution in [0.2, 0.25) is 0 Å². The summed E-state index contributed by atoms with van der Waals surface area (Å²) in [4.78, 5) is 15.0. The van der Waals surface area contributed by atoms with Crippen LogP contribution in [0.5, 0.6) is 5.75 Å². The van der Waals surface area contributed by atoms with E-state index in [0.29, 0.717) is 23.7 Å². The standard InChI is InChI=1S/C22H24N2O3/c1-2-26-19-10-6-9-17-13-20(27-21(17)19)22(25)23-18-11-12-24(15-18)14-16-7-4-3-5-8-16/h3-10,13,18H,2,11-12,14-15H2,1H3,(H,23,25). The van der Waals surface area contributed by atoms with E-state index in [4.69, 9.17) is 9.15 Å². The van der Waals surface area contributed by atoms with Crippen LogP contribution in [0.25, 0.3) is 11.0 Å². The number of hydrogen-bond donors (Lipinski definition) is 1. The summed E-state index contributed by atoms with van der Waals surface area (Å²) in [5.41, 5.74) is 1.92. The van der Waals surface area contributed by atoms with Crippen molar-refractivity contribution in [3.8, 4) is 5.75 Å². The van der Waals surface area contributed by atoms with Gasteiger partial charge in [0.1, 0.15) is 0 Å². The Kier molecular flexibility index (Phi) is 5.12. The quantitative estimate of drug-likeness (QED) is 0.722. The molecule has 2 aromatic carbocycles. The van der Waals surface area contributed by atoms with Gasteiger partial charge in [-0.1, -0.05) is 42.5 Å². The van der Waals surface area contributed by atoms with Gasteiger partial charge in [0.25, 0.3) is 5.91 Å². The maximum absolute atomic E-state index is 12.6. The molecule has 140 valence electrons. The van der Waals surface area contributed by atoms with Crippen LogP contribution in [0.1, 0.15) is 29.5 Å². The highest BCUT2D eigenvalue weighted by molar-refractivity contribution is 5.97. The molecule has 1 fully saturated rings. The average Bonchev–Trinajstić information content (AvgIpc) is 3.30. The Balaban J connectivity index is 1.39. The Morgan fingerprint density at radius 1 is 1.22 bits per heavy atom. The molecule has 1 N–H and O–H groups in total. The number of rotatable bonds is 6. The minimum atomic E-state index is -0.166. The van der Waals surface area contributed by atoms with E-state index in [2.05, 4.69) is 34.5 Å². The van der Waals surface area contributed by atoms with E-state index in [0.717, 1.165) is 31.4 Å². The number of carbonyl (C=O) groups excluding carboxylic acids is 1. The molecule has 1 unspecified atom stereocenters. The van der Waals surface area contributed by atoms with Crippen LogP contribution in [0.4, 0.5) is 0 Å². The van der Waals surface area contributed by atoms with Crippen molar-refractivity contribution in [2.24, 2.45) is 0 Å². The number of fused-ring (bicyclic) bond motifs is 1. The first-order valence-corrected chi connectivity index (χ1v) is 9.45. The van der Waals surface area contributed by atoms with Crippen LogP contribution in [-0.4, -0.2) is 36.5 Å². The third kappa shape index (κ3) is 3.98. The molecule has 4 rings (SSSR count). The molecular weight excluding hydrogens is 340 g/mol. The summed E-state index contributed by atoms with van der Waals surface area (Å²) in [6.45, 7) is 5.23. The van der Waals surface area contributed by atoms with Crippen molar-refractivity contribution in [3.05, 3.63) is 65.9 Å². The van der Waals surface area contributed by atoms with Gasteiger partial charge in [0.05, 0.1) is 6.61 Å². The smallest absolute Gasteiger partial charge is 0.287 e. The third-order valence-electron chi connectivity index (χ3n) is 4.89. The van der Waals surface area contributed by atoms with Crippen LogP contribution in [-0.2, 0) is 6.54 Å². The number of nitrogens with zero attached hydrogens (tertiary/aromatic N) is 1. The second-order valence-electron chi connectivity index (χ2n) is 6.90. The molecule has 0 saturated carbocycles. The Morgan fingerprint density at radius 3 is 2.89 bits per heavy atom. The number of carbonyl (C=O) groups is 1. The molecule has 0 spiro atoms. The summed E-state index contributed by atoms with van der Waals surface area (Å²) in [6, 6.07) is 18.0. The van der Waals surface area contributed by atoms with Crippen LogP contribution in [0, 0.1) is 0 Å². The molecule has 5 nitrogen and oxygen atoms in total. The molecule has 1 atom stereocenters. The van der Waals surface area contributed by atoms with Crippen LogP contribution in [0.3, 0.4) is 0 Å². The van der Waals surface area contributed by atoms with Crippen molar-refractivity contribution < 1.29 is 13.9 Å². The van der Waals surface area contributed by atoms with Crippen LogP contribution >= 0.6 is 0 Å². The van der Waals surface area contributed by atoms with Crippen molar-refractivity contribution in [1.82, 2.24) is 10.2 Å². The van der Waals surface area contributed by atoms with E-state index in [9.17, 15) is 4.79 Å². The highest BCUT2D eigenvalue weighted by Gasteiger charge is 2.25. The van der Waals surface area contributed by atoms with E-state index in [-0.39, 0.29) is 11.9 Å². The summed E-state index contributed by atoms with van der Waals surface area (Å²) in [6.07, 6.45) is 0.947. The predicted octanol–water partition coefficient (Wildman–Crippen LogP) is 3.84. The summed E-state index contributed by atoms with van der Waals surface area (Å²) in [7, 11) is 0. The van der Waals surface area contributed by atoms with Crippen molar-refractivity contribution in [2.75, 3.05) is 19.7 Å². The highest BCUT2D eigenvalue weighted by atomic mass is 16.5. The summed E-state index contributed by atoms with van der Waals surface area (Å²) in [5, 5.41) is 3.99. The normalized spacial score (nSPS) is 17.3. The Hall–Kier alpha value is -2.79. The summed E-state index contributed by atoms with van der Waals surface area (Å²) >= 11 is 0. The number of nitrogens with one attached hydrogen (secondary N) is 1. The molecule has 0 bridgehead atoms. The number of hydrogen-bond acceptors (Lipinski definition) is 4. The van der Waals surface area contributed by atoms with Crippen LogP contribution in [0.15, 0.2) is 59.0 Å². The van der Waals surface area contributed by atoms with Gasteiger partial charge in [0.2, 0.25) is 0 Å². The van der Waals surface area contributed by atoms with Crippen molar-refractivity contribution >= 4 is 16.9 Å². The summed E-state index contributed by atoms with van der Waals surface area (Å²) < 4.78 is 11.4. The van der Waals surface area contributed by atoms with Gasteiger partial charge in [-0.25, -0.2) is 0 Å². The average molecular weight is 364 g/mol. The number of furan rings is 1. The predicted molar refractivity (Wildman–Crippen MR) is 105 cm³/mol. The third-order valence-corrected chi connectivity index (χ3v) is 4.89. The first-order valence-electron chi connectivity index (χ1n) is 9.45. The second kappa shape index (κ2) is 7.84.